The first-order chi connectivity index (χ1) is 4.57. The highest BCUT2D eigenvalue weighted by Crippen LogP contribution is 1.92. The van der Waals surface area contributed by atoms with Crippen molar-refractivity contribution >= 4 is 11.9 Å². The lowest BCUT2D eigenvalue weighted by atomic mass is 10.2. The minimum absolute atomic E-state index is 0.765. The van der Waals surface area contributed by atoms with E-state index >= 15 is 0 Å². The van der Waals surface area contributed by atoms with Crippen LogP contribution in [0.5, 0.6) is 0 Å². The van der Waals surface area contributed by atoms with Crippen molar-refractivity contribution in [2.75, 3.05) is 0 Å². The van der Waals surface area contributed by atoms with Gasteiger partial charge in [0.1, 0.15) is 0 Å². The molecule has 0 aromatic carbocycles. The number of rotatable bonds is 3. The molecule has 0 bridgehead atoms. The molecule has 0 aliphatic heterocycles. The van der Waals surface area contributed by atoms with Crippen LogP contribution in [0.15, 0.2) is 5.18 Å². The third-order valence-corrected chi connectivity index (χ3v) is 0.755. The van der Waals surface area contributed by atoms with Crippen LogP contribution in [0.25, 0.3) is 0 Å². The van der Waals surface area contributed by atoms with Crippen molar-refractivity contribution in [2.45, 2.75) is 12.5 Å². The Morgan fingerprint density at radius 2 is 2.00 bits per heavy atom. The number of nitrogens with zero attached hydrogens (tertiary/aromatic N) is 1. The number of nitroso groups, excluding NO2 is 1. The van der Waals surface area contributed by atoms with E-state index < -0.39 is 24.4 Å². The lowest BCUT2D eigenvalue weighted by Gasteiger charge is -1.97. The van der Waals surface area contributed by atoms with Crippen LogP contribution >= 0.6 is 0 Å². The van der Waals surface area contributed by atoms with Crippen molar-refractivity contribution in [3.05, 3.63) is 4.91 Å². The minimum atomic E-state index is -1.83. The maximum atomic E-state index is 10.0. The number of carboxylic acids is 1. The first-order valence-electron chi connectivity index (χ1n) is 2.35. The van der Waals surface area contributed by atoms with Gasteiger partial charge in [-0.3, -0.25) is 4.79 Å². The number of aliphatic hydroxyl groups excluding tert-OH is 1. The Morgan fingerprint density at radius 3 is 2.30 bits per heavy atom. The average Bonchev–Trinajstić information content (AvgIpc) is 1.87. The van der Waals surface area contributed by atoms with Gasteiger partial charge in [-0.2, -0.15) is 0 Å². The standard InChI is InChI=1S/C4H5NO5/c6-2(4(8)9)1-3(7)5-10/h2,6H,1H2,(H,8,9)/t2-/m1/s1. The Labute approximate surface area is 55.4 Å². The number of aliphatic hydroxyl groups is 1. The van der Waals surface area contributed by atoms with Crippen LogP contribution in [0.1, 0.15) is 6.42 Å². The van der Waals surface area contributed by atoms with Crippen molar-refractivity contribution in [1.82, 2.24) is 0 Å². The zero-order valence-corrected chi connectivity index (χ0v) is 4.85. The summed E-state index contributed by atoms with van der Waals surface area (Å²) in [6.07, 6.45) is -2.59. The van der Waals surface area contributed by atoms with Crippen molar-refractivity contribution in [1.29, 1.82) is 0 Å². The predicted molar refractivity (Wildman–Crippen MR) is 29.1 cm³/mol. The lowest BCUT2D eigenvalue weighted by molar-refractivity contribution is -0.148. The van der Waals surface area contributed by atoms with Crippen molar-refractivity contribution in [2.24, 2.45) is 5.18 Å². The van der Waals surface area contributed by atoms with Crippen LogP contribution in [0.4, 0.5) is 0 Å². The second kappa shape index (κ2) is 3.67. The fraction of sp³-hybridized carbons (Fsp3) is 0.500. The van der Waals surface area contributed by atoms with Gasteiger partial charge in [0.2, 0.25) is 0 Å². The van der Waals surface area contributed by atoms with Crippen molar-refractivity contribution in [3.8, 4) is 0 Å². The fourth-order valence-corrected chi connectivity index (χ4v) is 0.290. The highest BCUT2D eigenvalue weighted by Gasteiger charge is 2.17. The Morgan fingerprint density at radius 1 is 1.50 bits per heavy atom. The molecule has 0 saturated carbocycles. The van der Waals surface area contributed by atoms with Gasteiger partial charge in [-0.15, -0.1) is 4.91 Å². The molecule has 0 rings (SSSR count). The van der Waals surface area contributed by atoms with Crippen LogP contribution in [0.2, 0.25) is 0 Å². The number of amides is 1. The number of carboxylic acid groups (broad SMARTS) is 1. The molecule has 6 heteroatoms. The molecule has 1 atom stereocenters. The smallest absolute Gasteiger partial charge is 0.333 e. The van der Waals surface area contributed by atoms with E-state index in [0.29, 0.717) is 0 Å². The van der Waals surface area contributed by atoms with Crippen LogP contribution in [-0.4, -0.2) is 28.2 Å². The van der Waals surface area contributed by atoms with Gasteiger partial charge in [-0.05, 0) is 0 Å². The molecular weight excluding hydrogens is 142 g/mol. The first kappa shape index (κ1) is 8.70. The number of carbonyl (C=O) groups excluding carboxylic acids is 1. The molecule has 0 aromatic rings. The van der Waals surface area contributed by atoms with E-state index in [4.69, 9.17) is 10.2 Å². The molecule has 2 N–H and O–H groups in total. The SMILES string of the molecule is O=NC(=O)C[C@@H](O)C(=O)O. The summed E-state index contributed by atoms with van der Waals surface area (Å²) in [5, 5.41) is 18.3. The normalized spacial score (nSPS) is 12.1. The molecule has 0 aromatic heterocycles. The summed E-state index contributed by atoms with van der Waals surface area (Å²) in [5.74, 6) is -2.72. The van der Waals surface area contributed by atoms with Crippen molar-refractivity contribution < 1.29 is 19.8 Å². The number of carbonyl (C=O) groups is 2. The fourth-order valence-electron chi connectivity index (χ4n) is 0.290. The zero-order chi connectivity index (χ0) is 8.15. The molecule has 0 fully saturated rings. The van der Waals surface area contributed by atoms with Gasteiger partial charge in [0.25, 0.3) is 5.91 Å². The Bertz CT molecular complexity index is 165. The summed E-state index contributed by atoms with van der Waals surface area (Å²) in [5.41, 5.74) is 0. The minimum Gasteiger partial charge on any atom is -0.479 e. The van der Waals surface area contributed by atoms with Gasteiger partial charge in [0.05, 0.1) is 6.42 Å². The molecule has 1 amide bonds. The number of hydrogen-bond acceptors (Lipinski definition) is 4. The summed E-state index contributed by atoms with van der Waals surface area (Å²) in [4.78, 5) is 29.2. The third kappa shape index (κ3) is 2.88. The molecule has 6 nitrogen and oxygen atoms in total. The number of hydrogen-bond donors (Lipinski definition) is 2. The highest BCUT2D eigenvalue weighted by atomic mass is 16.4. The summed E-state index contributed by atoms with van der Waals surface area (Å²) in [6.45, 7) is 0. The van der Waals surface area contributed by atoms with Crippen LogP contribution in [0.3, 0.4) is 0 Å². The van der Waals surface area contributed by atoms with E-state index in [-0.39, 0.29) is 0 Å². The maximum absolute atomic E-state index is 10.0. The summed E-state index contributed by atoms with van der Waals surface area (Å²) >= 11 is 0. The molecule has 0 aliphatic carbocycles. The molecular formula is C4H5NO5. The molecule has 56 valence electrons. The second-order valence-corrected chi connectivity index (χ2v) is 1.54. The second-order valence-electron chi connectivity index (χ2n) is 1.54. The summed E-state index contributed by atoms with van der Waals surface area (Å²) in [7, 11) is 0. The van der Waals surface area contributed by atoms with Gasteiger partial charge >= 0.3 is 5.97 Å². The van der Waals surface area contributed by atoms with Crippen LogP contribution in [0, 0.1) is 4.91 Å². The monoisotopic (exact) mass is 147 g/mol. The highest BCUT2D eigenvalue weighted by molar-refractivity contribution is 5.83. The lowest BCUT2D eigenvalue weighted by Crippen LogP contribution is -2.22. The van der Waals surface area contributed by atoms with Crippen LogP contribution < -0.4 is 0 Å². The van der Waals surface area contributed by atoms with E-state index in [1.165, 1.54) is 0 Å². The molecule has 10 heavy (non-hydrogen) atoms. The Hall–Kier alpha value is -1.30. The number of aliphatic carboxylic acids is 1. The third-order valence-electron chi connectivity index (χ3n) is 0.755. The zero-order valence-electron chi connectivity index (χ0n) is 4.85. The van der Waals surface area contributed by atoms with Gasteiger partial charge < -0.3 is 10.2 Å². The maximum Gasteiger partial charge on any atom is 0.333 e. The van der Waals surface area contributed by atoms with Gasteiger partial charge in [0, 0.05) is 5.18 Å². The quantitative estimate of drug-likeness (QED) is 0.504. The summed E-state index contributed by atoms with van der Waals surface area (Å²) < 4.78 is 0. The molecule has 0 heterocycles. The van der Waals surface area contributed by atoms with E-state index in [2.05, 4.69) is 0 Å². The first-order valence-corrected chi connectivity index (χ1v) is 2.35. The average molecular weight is 147 g/mol. The molecule has 0 aliphatic rings. The topological polar surface area (TPSA) is 104 Å². The molecule has 0 unspecified atom stereocenters. The van der Waals surface area contributed by atoms with E-state index in [1.807, 2.05) is 5.18 Å². The Kier molecular flexibility index (Phi) is 3.20. The van der Waals surface area contributed by atoms with Crippen molar-refractivity contribution in [3.63, 3.8) is 0 Å². The largest absolute Gasteiger partial charge is 0.479 e. The molecule has 0 radical (unpaired) electrons. The predicted octanol–water partition coefficient (Wildman–Crippen LogP) is -0.885. The summed E-state index contributed by atoms with van der Waals surface area (Å²) in [6, 6.07) is 0. The van der Waals surface area contributed by atoms with E-state index in [1.54, 1.807) is 0 Å². The van der Waals surface area contributed by atoms with E-state index in [9.17, 15) is 14.5 Å². The molecule has 0 spiro atoms. The van der Waals surface area contributed by atoms with E-state index in [0.717, 1.165) is 0 Å². The van der Waals surface area contributed by atoms with Gasteiger partial charge in [0.15, 0.2) is 6.10 Å². The van der Waals surface area contributed by atoms with Gasteiger partial charge in [-0.1, -0.05) is 0 Å². The molecule has 0 saturated heterocycles. The Balaban J connectivity index is 3.79. The van der Waals surface area contributed by atoms with Crippen LogP contribution in [-0.2, 0) is 9.59 Å². The van der Waals surface area contributed by atoms with Gasteiger partial charge in [-0.25, -0.2) is 4.79 Å².